The SMILES string of the molecule is CC(C)Oc1c(Br)cc(CNCCOc2ccccn2)cc1Br. The van der Waals surface area contributed by atoms with E-state index in [9.17, 15) is 0 Å². The summed E-state index contributed by atoms with van der Waals surface area (Å²) < 4.78 is 13.2. The first-order valence-electron chi connectivity index (χ1n) is 7.45. The Labute approximate surface area is 153 Å². The summed E-state index contributed by atoms with van der Waals surface area (Å²) in [6.07, 6.45) is 1.86. The third-order valence-electron chi connectivity index (χ3n) is 2.91. The fourth-order valence-corrected chi connectivity index (χ4v) is 3.42. The van der Waals surface area contributed by atoms with Crippen LogP contribution in [0.2, 0.25) is 0 Å². The Morgan fingerprint density at radius 1 is 1.17 bits per heavy atom. The Bertz CT molecular complexity index is 598. The molecule has 0 saturated heterocycles. The number of aromatic nitrogens is 1. The first kappa shape index (κ1) is 18.2. The number of halogens is 2. The molecule has 0 atom stereocenters. The van der Waals surface area contributed by atoms with Crippen molar-refractivity contribution in [1.29, 1.82) is 0 Å². The minimum Gasteiger partial charge on any atom is -0.489 e. The molecule has 0 aliphatic heterocycles. The Kier molecular flexibility index (Phi) is 7.33. The second-order valence-electron chi connectivity index (χ2n) is 5.25. The molecule has 1 heterocycles. The second-order valence-corrected chi connectivity index (χ2v) is 6.96. The van der Waals surface area contributed by atoms with Crippen LogP contribution in [0.4, 0.5) is 0 Å². The minimum absolute atomic E-state index is 0.135. The van der Waals surface area contributed by atoms with Gasteiger partial charge >= 0.3 is 0 Å². The van der Waals surface area contributed by atoms with Gasteiger partial charge in [-0.05, 0) is 69.5 Å². The van der Waals surface area contributed by atoms with Gasteiger partial charge < -0.3 is 14.8 Å². The van der Waals surface area contributed by atoms with Crippen molar-refractivity contribution in [1.82, 2.24) is 10.3 Å². The van der Waals surface area contributed by atoms with Gasteiger partial charge in [0, 0.05) is 25.4 Å². The maximum atomic E-state index is 5.78. The molecule has 1 N–H and O–H groups in total. The summed E-state index contributed by atoms with van der Waals surface area (Å²) in [4.78, 5) is 4.11. The van der Waals surface area contributed by atoms with E-state index in [0.717, 1.165) is 33.3 Å². The number of hydrogen-bond acceptors (Lipinski definition) is 4. The third-order valence-corrected chi connectivity index (χ3v) is 4.09. The Morgan fingerprint density at radius 2 is 1.91 bits per heavy atom. The molecule has 1 aromatic heterocycles. The molecule has 4 nitrogen and oxygen atoms in total. The predicted molar refractivity (Wildman–Crippen MR) is 99.0 cm³/mol. The number of pyridine rings is 1. The monoisotopic (exact) mass is 442 g/mol. The quantitative estimate of drug-likeness (QED) is 0.607. The highest BCUT2D eigenvalue weighted by Gasteiger charge is 2.10. The molecular weight excluding hydrogens is 424 g/mol. The summed E-state index contributed by atoms with van der Waals surface area (Å²) in [5.41, 5.74) is 1.16. The molecule has 0 spiro atoms. The number of rotatable bonds is 8. The fourth-order valence-electron chi connectivity index (χ4n) is 1.96. The van der Waals surface area contributed by atoms with Gasteiger partial charge in [0.25, 0.3) is 0 Å². The standard InChI is InChI=1S/C17H20Br2N2O2/c1-12(2)23-17-14(18)9-13(10-15(17)19)11-20-7-8-22-16-5-3-4-6-21-16/h3-6,9-10,12,20H,7-8,11H2,1-2H3. The van der Waals surface area contributed by atoms with E-state index in [-0.39, 0.29) is 6.10 Å². The van der Waals surface area contributed by atoms with E-state index in [1.807, 2.05) is 32.0 Å². The highest BCUT2D eigenvalue weighted by Crippen LogP contribution is 2.35. The van der Waals surface area contributed by atoms with Crippen molar-refractivity contribution in [3.63, 3.8) is 0 Å². The lowest BCUT2D eigenvalue weighted by Crippen LogP contribution is -2.20. The number of nitrogens with zero attached hydrogens (tertiary/aromatic N) is 1. The van der Waals surface area contributed by atoms with Crippen LogP contribution in [0.25, 0.3) is 0 Å². The van der Waals surface area contributed by atoms with E-state index < -0.39 is 0 Å². The average Bonchev–Trinajstić information content (AvgIpc) is 2.51. The molecular formula is C17H20Br2N2O2. The van der Waals surface area contributed by atoms with Gasteiger partial charge in [-0.1, -0.05) is 6.07 Å². The Balaban J connectivity index is 1.79. The normalized spacial score (nSPS) is 10.8. The van der Waals surface area contributed by atoms with Gasteiger partial charge in [0.2, 0.25) is 5.88 Å². The predicted octanol–water partition coefficient (Wildman–Crippen LogP) is 4.56. The molecule has 124 valence electrons. The molecule has 2 aromatic rings. The van der Waals surface area contributed by atoms with Crippen LogP contribution in [0.5, 0.6) is 11.6 Å². The Morgan fingerprint density at radius 3 is 2.52 bits per heavy atom. The summed E-state index contributed by atoms with van der Waals surface area (Å²) in [5.74, 6) is 1.48. The molecule has 0 fully saturated rings. The average molecular weight is 444 g/mol. The van der Waals surface area contributed by atoms with E-state index >= 15 is 0 Å². The van der Waals surface area contributed by atoms with Gasteiger partial charge in [-0.3, -0.25) is 0 Å². The lowest BCUT2D eigenvalue weighted by atomic mass is 10.2. The first-order chi connectivity index (χ1) is 11.1. The molecule has 0 unspecified atom stereocenters. The van der Waals surface area contributed by atoms with Gasteiger partial charge in [-0.25, -0.2) is 4.98 Å². The molecule has 0 saturated carbocycles. The summed E-state index contributed by atoms with van der Waals surface area (Å²) in [6, 6.07) is 9.75. The summed E-state index contributed by atoms with van der Waals surface area (Å²) in [7, 11) is 0. The molecule has 1 aromatic carbocycles. The molecule has 0 radical (unpaired) electrons. The van der Waals surface area contributed by atoms with Crippen molar-refractivity contribution in [2.75, 3.05) is 13.2 Å². The topological polar surface area (TPSA) is 43.4 Å². The van der Waals surface area contributed by atoms with Crippen LogP contribution in [0, 0.1) is 0 Å². The van der Waals surface area contributed by atoms with Gasteiger partial charge in [-0.15, -0.1) is 0 Å². The number of hydrogen-bond donors (Lipinski definition) is 1. The van der Waals surface area contributed by atoms with Gasteiger partial charge in [-0.2, -0.15) is 0 Å². The van der Waals surface area contributed by atoms with E-state index in [0.29, 0.717) is 12.5 Å². The zero-order chi connectivity index (χ0) is 16.7. The highest BCUT2D eigenvalue weighted by molar-refractivity contribution is 9.11. The van der Waals surface area contributed by atoms with Crippen LogP contribution in [0.15, 0.2) is 45.5 Å². The smallest absolute Gasteiger partial charge is 0.213 e. The van der Waals surface area contributed by atoms with Crippen LogP contribution in [0.1, 0.15) is 19.4 Å². The molecule has 6 heteroatoms. The van der Waals surface area contributed by atoms with Gasteiger partial charge in [0.05, 0.1) is 15.0 Å². The summed E-state index contributed by atoms with van der Waals surface area (Å²) in [6.45, 7) is 6.10. The molecule has 23 heavy (non-hydrogen) atoms. The third kappa shape index (κ3) is 6.12. The van der Waals surface area contributed by atoms with Gasteiger partial charge in [0.15, 0.2) is 0 Å². The van der Waals surface area contributed by atoms with Crippen molar-refractivity contribution >= 4 is 31.9 Å². The zero-order valence-corrected chi connectivity index (χ0v) is 16.4. The van der Waals surface area contributed by atoms with E-state index in [1.165, 1.54) is 0 Å². The van der Waals surface area contributed by atoms with Crippen LogP contribution in [-0.4, -0.2) is 24.2 Å². The van der Waals surface area contributed by atoms with Crippen molar-refractivity contribution in [3.8, 4) is 11.6 Å². The van der Waals surface area contributed by atoms with E-state index in [4.69, 9.17) is 9.47 Å². The molecule has 0 aliphatic rings. The van der Waals surface area contributed by atoms with Crippen molar-refractivity contribution in [2.45, 2.75) is 26.5 Å². The largest absolute Gasteiger partial charge is 0.489 e. The number of benzene rings is 1. The Hall–Kier alpha value is -1.11. The molecule has 0 aliphatic carbocycles. The van der Waals surface area contributed by atoms with Crippen molar-refractivity contribution in [2.24, 2.45) is 0 Å². The zero-order valence-electron chi connectivity index (χ0n) is 13.2. The maximum absolute atomic E-state index is 5.78. The molecule has 0 bridgehead atoms. The summed E-state index contributed by atoms with van der Waals surface area (Å²) in [5, 5.41) is 3.35. The molecule has 2 rings (SSSR count). The van der Waals surface area contributed by atoms with Crippen LogP contribution in [-0.2, 0) is 6.54 Å². The minimum atomic E-state index is 0.135. The number of nitrogens with one attached hydrogen (secondary N) is 1. The first-order valence-corrected chi connectivity index (χ1v) is 9.04. The van der Waals surface area contributed by atoms with Crippen LogP contribution in [0.3, 0.4) is 0 Å². The fraction of sp³-hybridized carbons (Fsp3) is 0.353. The second kappa shape index (κ2) is 9.25. The van der Waals surface area contributed by atoms with Crippen molar-refractivity contribution in [3.05, 3.63) is 51.0 Å². The lowest BCUT2D eigenvalue weighted by Gasteiger charge is -2.15. The lowest BCUT2D eigenvalue weighted by molar-refractivity contribution is 0.239. The van der Waals surface area contributed by atoms with E-state index in [2.05, 4.69) is 54.3 Å². The number of ether oxygens (including phenoxy) is 2. The summed E-state index contributed by atoms with van der Waals surface area (Å²) >= 11 is 7.13. The van der Waals surface area contributed by atoms with Crippen LogP contribution < -0.4 is 14.8 Å². The van der Waals surface area contributed by atoms with Crippen molar-refractivity contribution < 1.29 is 9.47 Å². The van der Waals surface area contributed by atoms with Crippen LogP contribution >= 0.6 is 31.9 Å². The maximum Gasteiger partial charge on any atom is 0.213 e. The highest BCUT2D eigenvalue weighted by atomic mass is 79.9. The van der Waals surface area contributed by atoms with Gasteiger partial charge in [0.1, 0.15) is 12.4 Å². The molecule has 0 amide bonds. The van der Waals surface area contributed by atoms with E-state index in [1.54, 1.807) is 6.20 Å².